The summed E-state index contributed by atoms with van der Waals surface area (Å²) in [6.45, 7) is -0.115. The molecule has 0 aliphatic carbocycles. The third kappa shape index (κ3) is 13.9. The van der Waals surface area contributed by atoms with Gasteiger partial charge in [-0.15, -0.1) is 0 Å². The Morgan fingerprint density at radius 3 is 1.45 bits per heavy atom. The minimum Gasteiger partial charge on any atom is -0.549 e. The number of carbonyl (C=O) groups is 4. The number of carboxylic acids is 4. The smallest absolute Gasteiger partial charge is 0.549 e. The largest absolute Gasteiger partial charge is 3.00 e. The summed E-state index contributed by atoms with van der Waals surface area (Å²) in [5.74, 6) is -5.34. The molecule has 0 saturated carbocycles. The van der Waals surface area contributed by atoms with E-state index in [-0.39, 0.29) is 106 Å². The zero-order chi connectivity index (χ0) is 27.2. The van der Waals surface area contributed by atoms with E-state index in [1.54, 1.807) is 4.90 Å². The topological polar surface area (TPSA) is 183 Å². The van der Waals surface area contributed by atoms with Crippen LogP contribution in [0.3, 0.4) is 0 Å². The van der Waals surface area contributed by atoms with Crippen LogP contribution in [0.1, 0.15) is 5.56 Å². The molecule has 1 aromatic carbocycles. The van der Waals surface area contributed by atoms with E-state index in [1.807, 2.05) is 30.3 Å². The van der Waals surface area contributed by atoms with Crippen molar-refractivity contribution < 1.29 is 84.3 Å². The molecule has 1 fully saturated rings. The molecule has 14 heteroatoms. The predicted molar refractivity (Wildman–Crippen MR) is 121 cm³/mol. The number of rotatable bonds is 12. The SMILES string of the molecule is O=C([O-])CN1CCN(CC(=O)[O-])CCN(C(COCc2ccccc2)C(=O)[O-])CCN(CC(=O)[O-])CC1.[Gd+3]. The van der Waals surface area contributed by atoms with Gasteiger partial charge in [-0.3, -0.25) is 19.6 Å². The number of aliphatic carboxylic acids is 4. The van der Waals surface area contributed by atoms with Crippen LogP contribution in [0.25, 0.3) is 0 Å². The standard InChI is InChI=1S/C24H36N4O9.Gd/c29-21(30)14-25-6-8-26(15-22(31)32)10-12-28(13-11-27(9-7-25)16-23(33)34)20(24(35)36)18-37-17-19-4-2-1-3-5-19;/h1-5,20H,6-18H2,(H,29,30)(H,31,32)(H,33,34)(H,35,36);/q;+3/p-4. The van der Waals surface area contributed by atoms with Crippen molar-refractivity contribution in [3.05, 3.63) is 35.9 Å². The summed E-state index contributed by atoms with van der Waals surface area (Å²) in [6, 6.07) is 8.01. The van der Waals surface area contributed by atoms with Gasteiger partial charge in [-0.2, -0.15) is 0 Å². The maximum absolute atomic E-state index is 12.0. The average molecular weight is 678 g/mol. The van der Waals surface area contributed by atoms with E-state index in [2.05, 4.69) is 0 Å². The number of carboxylic acid groups (broad SMARTS) is 4. The molecule has 1 radical (unpaired) electrons. The number of hydrogen-bond donors (Lipinski definition) is 0. The van der Waals surface area contributed by atoms with Crippen molar-refractivity contribution in [2.24, 2.45) is 0 Å². The number of benzene rings is 1. The monoisotopic (exact) mass is 678 g/mol. The normalized spacial score (nSPS) is 17.9. The maximum Gasteiger partial charge on any atom is 3.00 e. The van der Waals surface area contributed by atoms with Crippen LogP contribution in [-0.4, -0.2) is 128 Å². The van der Waals surface area contributed by atoms with E-state index in [9.17, 15) is 39.6 Å². The third-order valence-corrected chi connectivity index (χ3v) is 6.03. The zero-order valence-electron chi connectivity index (χ0n) is 21.0. The molecule has 1 unspecified atom stereocenters. The summed E-state index contributed by atoms with van der Waals surface area (Å²) in [6.07, 6.45) is 0. The summed E-state index contributed by atoms with van der Waals surface area (Å²) < 4.78 is 5.64. The first kappa shape index (κ1) is 34.3. The molecule has 1 saturated heterocycles. The Morgan fingerprint density at radius 2 is 1.08 bits per heavy atom. The molecule has 0 bridgehead atoms. The molecule has 13 nitrogen and oxygen atoms in total. The van der Waals surface area contributed by atoms with Gasteiger partial charge in [0.15, 0.2) is 0 Å². The van der Waals surface area contributed by atoms with E-state index in [0.717, 1.165) is 5.56 Å². The van der Waals surface area contributed by atoms with Crippen molar-refractivity contribution in [1.29, 1.82) is 0 Å². The fraction of sp³-hybridized carbons (Fsp3) is 0.583. The summed E-state index contributed by atoms with van der Waals surface area (Å²) in [5.41, 5.74) is 0.856. The first-order valence-corrected chi connectivity index (χ1v) is 12.0. The van der Waals surface area contributed by atoms with Gasteiger partial charge >= 0.3 is 39.9 Å². The number of hydrogen-bond acceptors (Lipinski definition) is 13. The van der Waals surface area contributed by atoms with Gasteiger partial charge in [0.25, 0.3) is 0 Å². The number of nitrogens with zero attached hydrogens (tertiary/aromatic N) is 4. The van der Waals surface area contributed by atoms with Gasteiger partial charge < -0.3 is 44.3 Å². The Morgan fingerprint density at radius 1 is 0.684 bits per heavy atom. The van der Waals surface area contributed by atoms with Crippen LogP contribution in [0.2, 0.25) is 0 Å². The minimum absolute atomic E-state index is 0. The number of ether oxygens (including phenoxy) is 1. The van der Waals surface area contributed by atoms with Crippen LogP contribution in [0.5, 0.6) is 0 Å². The van der Waals surface area contributed by atoms with Gasteiger partial charge in [0.2, 0.25) is 0 Å². The van der Waals surface area contributed by atoms with Crippen LogP contribution in [0.4, 0.5) is 0 Å². The first-order valence-electron chi connectivity index (χ1n) is 12.0. The second-order valence-corrected chi connectivity index (χ2v) is 8.82. The third-order valence-electron chi connectivity index (χ3n) is 6.03. The van der Waals surface area contributed by atoms with Crippen molar-refractivity contribution in [2.75, 3.05) is 78.6 Å². The quantitative estimate of drug-likeness (QED) is 0.204. The minimum atomic E-state index is -1.38. The Hall–Kier alpha value is -1.78. The van der Waals surface area contributed by atoms with Crippen LogP contribution in [-0.2, 0) is 30.5 Å². The summed E-state index contributed by atoms with van der Waals surface area (Å²) >= 11 is 0. The fourth-order valence-electron chi connectivity index (χ4n) is 4.07. The second kappa shape index (κ2) is 18.5. The van der Waals surface area contributed by atoms with E-state index in [4.69, 9.17) is 4.74 Å². The van der Waals surface area contributed by atoms with Crippen LogP contribution >= 0.6 is 0 Å². The van der Waals surface area contributed by atoms with Gasteiger partial charge in [0.05, 0.1) is 43.1 Å². The van der Waals surface area contributed by atoms with Crippen molar-refractivity contribution in [3.63, 3.8) is 0 Å². The molecule has 1 heterocycles. The Labute approximate surface area is 253 Å². The second-order valence-electron chi connectivity index (χ2n) is 8.82. The Kier molecular flexibility index (Phi) is 16.7. The van der Waals surface area contributed by atoms with Crippen molar-refractivity contribution in [3.8, 4) is 0 Å². The molecule has 0 aromatic heterocycles. The van der Waals surface area contributed by atoms with E-state index >= 15 is 0 Å². The maximum atomic E-state index is 12.0. The zero-order valence-corrected chi connectivity index (χ0v) is 23.2. The van der Waals surface area contributed by atoms with Crippen LogP contribution < -0.4 is 20.4 Å². The van der Waals surface area contributed by atoms with Gasteiger partial charge in [-0.1, -0.05) is 30.3 Å². The van der Waals surface area contributed by atoms with Crippen molar-refractivity contribution in [2.45, 2.75) is 12.6 Å². The van der Waals surface area contributed by atoms with Gasteiger partial charge in [0.1, 0.15) is 0 Å². The van der Waals surface area contributed by atoms with Crippen molar-refractivity contribution in [1.82, 2.24) is 19.6 Å². The number of carbonyl (C=O) groups excluding carboxylic acids is 4. The molecular weight excluding hydrogens is 646 g/mol. The van der Waals surface area contributed by atoms with Crippen molar-refractivity contribution >= 4 is 23.9 Å². The molecule has 1 aliphatic heterocycles. The van der Waals surface area contributed by atoms with Gasteiger partial charge in [0, 0.05) is 72.0 Å². The van der Waals surface area contributed by atoms with Crippen LogP contribution in [0, 0.1) is 39.9 Å². The average Bonchev–Trinajstić information content (AvgIpc) is 2.82. The molecule has 0 amide bonds. The summed E-state index contributed by atoms with van der Waals surface area (Å²) in [4.78, 5) is 51.9. The molecule has 1 aliphatic rings. The molecular formula is C24H32GdN4O9-. The van der Waals surface area contributed by atoms with Gasteiger partial charge in [-0.05, 0) is 5.56 Å². The van der Waals surface area contributed by atoms with E-state index < -0.39 is 49.6 Å². The fourth-order valence-corrected chi connectivity index (χ4v) is 4.07. The Balaban J connectivity index is 0.00000722. The summed E-state index contributed by atoms with van der Waals surface area (Å²) in [5, 5.41) is 45.7. The molecule has 0 spiro atoms. The predicted octanol–water partition coefficient (Wildman–Crippen LogP) is -6.21. The molecule has 1 atom stereocenters. The molecule has 1 aromatic rings. The first-order chi connectivity index (χ1) is 17.6. The van der Waals surface area contributed by atoms with Gasteiger partial charge in [-0.25, -0.2) is 0 Å². The molecule has 38 heavy (non-hydrogen) atoms. The summed E-state index contributed by atoms with van der Waals surface area (Å²) in [7, 11) is 0. The van der Waals surface area contributed by atoms with Crippen LogP contribution in [0.15, 0.2) is 30.3 Å². The van der Waals surface area contributed by atoms with E-state index in [0.29, 0.717) is 0 Å². The molecule has 2 rings (SSSR count). The Bertz CT molecular complexity index is 861. The molecule has 211 valence electrons. The van der Waals surface area contributed by atoms with E-state index in [1.165, 1.54) is 14.7 Å². The molecule has 0 N–H and O–H groups in total.